The van der Waals surface area contributed by atoms with Crippen molar-refractivity contribution in [3.05, 3.63) is 17.8 Å². The molecule has 2 atom stereocenters. The maximum atomic E-state index is 11.9. The molecule has 2 unspecified atom stereocenters. The first-order valence-electron chi connectivity index (χ1n) is 7.28. The monoisotopic (exact) mass is 292 g/mol. The van der Waals surface area contributed by atoms with Crippen LogP contribution in [0.5, 0.6) is 0 Å². The van der Waals surface area contributed by atoms with Crippen molar-refractivity contribution in [1.29, 1.82) is 0 Å². The summed E-state index contributed by atoms with van der Waals surface area (Å²) in [5.74, 6) is 0.934. The topological polar surface area (TPSA) is 71.7 Å². The van der Waals surface area contributed by atoms with Crippen molar-refractivity contribution in [3.8, 4) is 0 Å². The van der Waals surface area contributed by atoms with Crippen molar-refractivity contribution in [2.45, 2.75) is 19.9 Å². The highest BCUT2D eigenvalue weighted by Crippen LogP contribution is 2.26. The van der Waals surface area contributed by atoms with Gasteiger partial charge >= 0.3 is 5.97 Å². The molecule has 1 aromatic rings. The molecule has 0 amide bonds. The normalized spacial score (nSPS) is 21.9. The van der Waals surface area contributed by atoms with Crippen LogP contribution in [-0.2, 0) is 4.74 Å². The van der Waals surface area contributed by atoms with Crippen molar-refractivity contribution < 1.29 is 9.53 Å². The predicted molar refractivity (Wildman–Crippen MR) is 83.5 cm³/mol. The van der Waals surface area contributed by atoms with Crippen LogP contribution in [0.25, 0.3) is 0 Å². The Morgan fingerprint density at radius 3 is 2.81 bits per heavy atom. The van der Waals surface area contributed by atoms with Gasteiger partial charge in [0.2, 0.25) is 0 Å². The number of aromatic nitrogens is 1. The zero-order chi connectivity index (χ0) is 15.6. The van der Waals surface area contributed by atoms with E-state index in [9.17, 15) is 4.79 Å². The van der Waals surface area contributed by atoms with Crippen molar-refractivity contribution in [3.63, 3.8) is 0 Å². The summed E-state index contributed by atoms with van der Waals surface area (Å²) in [7, 11) is 4.18. The second-order valence-corrected chi connectivity index (χ2v) is 5.76. The molecule has 0 aliphatic carbocycles. The molecule has 2 N–H and O–H groups in total. The lowest BCUT2D eigenvalue weighted by Crippen LogP contribution is -2.34. The fraction of sp³-hybridized carbons (Fsp3) is 0.600. The van der Waals surface area contributed by atoms with E-state index in [-0.39, 0.29) is 0 Å². The van der Waals surface area contributed by atoms with Gasteiger partial charge in [0.1, 0.15) is 5.82 Å². The maximum absolute atomic E-state index is 11.9. The van der Waals surface area contributed by atoms with E-state index in [0.29, 0.717) is 29.8 Å². The molecule has 2 rings (SSSR count). The largest absolute Gasteiger partial charge is 0.462 e. The summed E-state index contributed by atoms with van der Waals surface area (Å²) in [5.41, 5.74) is 6.58. The number of carbonyl (C=O) groups excluding carboxylic acids is 1. The number of carbonyl (C=O) groups is 1. The third kappa shape index (κ3) is 3.26. The number of pyridine rings is 1. The van der Waals surface area contributed by atoms with E-state index in [4.69, 9.17) is 10.5 Å². The van der Waals surface area contributed by atoms with Crippen LogP contribution in [0.3, 0.4) is 0 Å². The highest BCUT2D eigenvalue weighted by molar-refractivity contribution is 5.95. The maximum Gasteiger partial charge on any atom is 0.340 e. The molecule has 1 saturated heterocycles. The number of ether oxygens (including phenoxy) is 1. The van der Waals surface area contributed by atoms with Crippen molar-refractivity contribution >= 4 is 17.5 Å². The van der Waals surface area contributed by atoms with Gasteiger partial charge in [0.25, 0.3) is 0 Å². The Morgan fingerprint density at radius 1 is 1.52 bits per heavy atom. The molecule has 0 radical (unpaired) electrons. The lowest BCUT2D eigenvalue weighted by molar-refractivity contribution is 0.0527. The van der Waals surface area contributed by atoms with E-state index in [1.165, 1.54) is 6.20 Å². The zero-order valence-electron chi connectivity index (χ0n) is 13.2. The molecule has 116 valence electrons. The van der Waals surface area contributed by atoms with Crippen LogP contribution in [-0.4, -0.2) is 55.7 Å². The molecule has 0 aromatic carbocycles. The van der Waals surface area contributed by atoms with Gasteiger partial charge in [0.15, 0.2) is 0 Å². The van der Waals surface area contributed by atoms with Gasteiger partial charge in [0, 0.05) is 19.1 Å². The molecule has 1 aliphatic rings. The molecule has 2 heterocycles. The number of nitrogens with zero attached hydrogens (tertiary/aromatic N) is 3. The van der Waals surface area contributed by atoms with Crippen LogP contribution in [0.15, 0.2) is 12.3 Å². The van der Waals surface area contributed by atoms with E-state index in [1.807, 2.05) is 0 Å². The van der Waals surface area contributed by atoms with E-state index in [0.717, 1.165) is 18.9 Å². The first-order valence-corrected chi connectivity index (χ1v) is 7.28. The fourth-order valence-electron chi connectivity index (χ4n) is 2.82. The lowest BCUT2D eigenvalue weighted by atomic mass is 10.1. The van der Waals surface area contributed by atoms with Crippen LogP contribution < -0.4 is 10.6 Å². The molecule has 1 fully saturated rings. The van der Waals surface area contributed by atoms with Crippen LogP contribution >= 0.6 is 0 Å². The number of hydrogen-bond acceptors (Lipinski definition) is 6. The zero-order valence-corrected chi connectivity index (χ0v) is 13.2. The van der Waals surface area contributed by atoms with Gasteiger partial charge in [-0.25, -0.2) is 9.78 Å². The van der Waals surface area contributed by atoms with Crippen LogP contribution in [0, 0.1) is 5.92 Å². The molecule has 6 heteroatoms. The van der Waals surface area contributed by atoms with E-state index in [1.54, 1.807) is 13.0 Å². The molecular formula is C15H24N4O2. The molecule has 21 heavy (non-hydrogen) atoms. The SMILES string of the molecule is CCOC(=O)c1cc(N2CC(C)C(N(C)C)C2)ncc1N. The van der Waals surface area contributed by atoms with Gasteiger partial charge in [-0.1, -0.05) is 6.92 Å². The molecule has 0 spiro atoms. The minimum absolute atomic E-state index is 0.333. The van der Waals surface area contributed by atoms with Gasteiger partial charge in [-0.3, -0.25) is 0 Å². The summed E-state index contributed by atoms with van der Waals surface area (Å²) in [6, 6.07) is 2.22. The summed E-state index contributed by atoms with van der Waals surface area (Å²) in [6.45, 7) is 6.16. The van der Waals surface area contributed by atoms with E-state index < -0.39 is 5.97 Å². The Kier molecular flexibility index (Phi) is 4.67. The van der Waals surface area contributed by atoms with Crippen LogP contribution in [0.4, 0.5) is 11.5 Å². The standard InChI is InChI=1S/C15H24N4O2/c1-5-21-15(20)11-6-14(17-7-12(11)16)19-8-10(2)13(9-19)18(3)4/h6-7,10,13H,5,8-9,16H2,1-4H3. The highest BCUT2D eigenvalue weighted by Gasteiger charge is 2.32. The van der Waals surface area contributed by atoms with Gasteiger partial charge < -0.3 is 20.3 Å². The smallest absolute Gasteiger partial charge is 0.340 e. The Morgan fingerprint density at radius 2 is 2.24 bits per heavy atom. The van der Waals surface area contributed by atoms with E-state index in [2.05, 4.69) is 35.8 Å². The third-order valence-corrected chi connectivity index (χ3v) is 3.98. The molecule has 0 saturated carbocycles. The molecule has 1 aliphatic heterocycles. The van der Waals surface area contributed by atoms with Crippen LogP contribution in [0.1, 0.15) is 24.2 Å². The first kappa shape index (κ1) is 15.6. The minimum atomic E-state index is -0.393. The second-order valence-electron chi connectivity index (χ2n) is 5.76. The number of anilines is 2. The summed E-state index contributed by atoms with van der Waals surface area (Å²) >= 11 is 0. The number of rotatable bonds is 4. The van der Waals surface area contributed by atoms with Gasteiger partial charge in [-0.05, 0) is 33.0 Å². The Labute approximate surface area is 125 Å². The molecule has 1 aromatic heterocycles. The van der Waals surface area contributed by atoms with Gasteiger partial charge in [0.05, 0.1) is 24.1 Å². The Hall–Kier alpha value is -1.82. The van der Waals surface area contributed by atoms with Crippen LogP contribution in [0.2, 0.25) is 0 Å². The fourth-order valence-corrected chi connectivity index (χ4v) is 2.82. The third-order valence-electron chi connectivity index (χ3n) is 3.98. The second kappa shape index (κ2) is 6.30. The average molecular weight is 292 g/mol. The highest BCUT2D eigenvalue weighted by atomic mass is 16.5. The quantitative estimate of drug-likeness (QED) is 0.842. The lowest BCUT2D eigenvalue weighted by Gasteiger charge is -2.22. The number of esters is 1. The minimum Gasteiger partial charge on any atom is -0.462 e. The predicted octanol–water partition coefficient (Wildman–Crippen LogP) is 1.23. The van der Waals surface area contributed by atoms with E-state index >= 15 is 0 Å². The number of nitrogen functional groups attached to an aromatic ring is 1. The molecule has 6 nitrogen and oxygen atoms in total. The van der Waals surface area contributed by atoms with Crippen molar-refractivity contribution in [2.75, 3.05) is 44.4 Å². The summed E-state index contributed by atoms with van der Waals surface area (Å²) in [4.78, 5) is 20.7. The molecular weight excluding hydrogens is 268 g/mol. The van der Waals surface area contributed by atoms with Crippen molar-refractivity contribution in [2.24, 2.45) is 5.92 Å². The number of hydrogen-bond donors (Lipinski definition) is 1. The summed E-state index contributed by atoms with van der Waals surface area (Å²) in [5, 5.41) is 0. The molecule has 0 bridgehead atoms. The van der Waals surface area contributed by atoms with Crippen molar-refractivity contribution in [1.82, 2.24) is 9.88 Å². The number of likely N-dealkylation sites (N-methyl/N-ethyl adjacent to an activating group) is 1. The first-order chi connectivity index (χ1) is 9.93. The number of nitrogens with two attached hydrogens (primary N) is 1. The van der Waals surface area contributed by atoms with Gasteiger partial charge in [-0.2, -0.15) is 0 Å². The van der Waals surface area contributed by atoms with Gasteiger partial charge in [-0.15, -0.1) is 0 Å². The summed E-state index contributed by atoms with van der Waals surface area (Å²) in [6.07, 6.45) is 1.54. The summed E-state index contributed by atoms with van der Waals surface area (Å²) < 4.78 is 5.03. The average Bonchev–Trinajstić information content (AvgIpc) is 2.81. The Bertz CT molecular complexity index is 518. The Balaban J connectivity index is 2.22.